The lowest BCUT2D eigenvalue weighted by Gasteiger charge is -2.21. The number of amides is 1. The van der Waals surface area contributed by atoms with Crippen LogP contribution in [0.2, 0.25) is 0 Å². The van der Waals surface area contributed by atoms with Gasteiger partial charge in [0.2, 0.25) is 5.91 Å². The van der Waals surface area contributed by atoms with Crippen molar-refractivity contribution >= 4 is 17.6 Å². The molecule has 0 spiro atoms. The average Bonchev–Trinajstić information content (AvgIpc) is 2.68. The molecule has 2 aromatic rings. The molecule has 0 saturated carbocycles. The molecule has 1 aliphatic heterocycles. The summed E-state index contributed by atoms with van der Waals surface area (Å²) in [4.78, 5) is 18.3. The van der Waals surface area contributed by atoms with Crippen LogP contribution in [0.1, 0.15) is 22.3 Å². The van der Waals surface area contributed by atoms with Crippen molar-refractivity contribution in [2.24, 2.45) is 4.99 Å². The first-order valence-electron chi connectivity index (χ1n) is 9.55. The maximum Gasteiger partial charge on any atom is 0.290 e. The fraction of sp³-hybridized carbons (Fsp3) is 0.364. The molecule has 148 valence electrons. The topological polar surface area (TPSA) is 66.0 Å². The molecule has 1 aliphatic rings. The van der Waals surface area contributed by atoms with Crippen LogP contribution in [0.3, 0.4) is 0 Å². The molecule has 6 heteroatoms. The Labute approximate surface area is 166 Å². The van der Waals surface area contributed by atoms with Crippen LogP contribution >= 0.6 is 0 Å². The summed E-state index contributed by atoms with van der Waals surface area (Å²) in [5.74, 6) is 0.0151. The van der Waals surface area contributed by atoms with Crippen LogP contribution in [-0.4, -0.2) is 44.0 Å². The Morgan fingerprint density at radius 3 is 2.71 bits per heavy atom. The lowest BCUT2D eigenvalue weighted by atomic mass is 10.0. The monoisotopic (exact) mass is 380 g/mol. The number of carbonyl (C=O) groups is 1. The molecule has 2 N–H and O–H groups in total. The zero-order chi connectivity index (χ0) is 19.9. The van der Waals surface area contributed by atoms with E-state index in [0.717, 1.165) is 35.3 Å². The molecule has 0 radical (unpaired) electrons. The van der Waals surface area contributed by atoms with E-state index in [1.165, 1.54) is 5.56 Å². The molecule has 0 saturated heterocycles. The van der Waals surface area contributed by atoms with E-state index in [4.69, 9.17) is 4.74 Å². The number of amidine groups is 1. The van der Waals surface area contributed by atoms with Crippen molar-refractivity contribution in [2.45, 2.75) is 26.5 Å². The molecule has 0 unspecified atom stereocenters. The smallest absolute Gasteiger partial charge is 0.290 e. The van der Waals surface area contributed by atoms with Crippen LogP contribution in [0.25, 0.3) is 0 Å². The second-order valence-electron chi connectivity index (χ2n) is 7.23. The van der Waals surface area contributed by atoms with Crippen molar-refractivity contribution in [3.8, 4) is 0 Å². The number of likely N-dealkylation sites (N-methyl/N-ethyl adjacent to an activating group) is 1. The normalized spacial score (nSPS) is 12.8. The van der Waals surface area contributed by atoms with Gasteiger partial charge in [-0.15, -0.1) is 0 Å². The zero-order valence-corrected chi connectivity index (χ0v) is 16.8. The number of ether oxygens (including phenoxy) is 1. The molecule has 6 nitrogen and oxygen atoms in total. The minimum absolute atomic E-state index is 0.0151. The predicted octanol–water partition coefficient (Wildman–Crippen LogP) is 2.52. The highest BCUT2D eigenvalue weighted by atomic mass is 16.5. The summed E-state index contributed by atoms with van der Waals surface area (Å²) in [5.41, 5.74) is 5.49. The number of carbonyl (C=O) groups excluding carboxylic acids is 1. The molecule has 28 heavy (non-hydrogen) atoms. The van der Waals surface area contributed by atoms with E-state index in [2.05, 4.69) is 34.7 Å². The van der Waals surface area contributed by atoms with Gasteiger partial charge in [0.05, 0.1) is 12.2 Å². The number of aliphatic imine (C=N–C) groups is 1. The third kappa shape index (κ3) is 5.33. The molecule has 1 amide bonds. The molecule has 0 aromatic heterocycles. The Kier molecular flexibility index (Phi) is 6.66. The maximum absolute atomic E-state index is 11.9. The van der Waals surface area contributed by atoms with Crippen LogP contribution in [0, 0.1) is 6.92 Å². The molecular weight excluding hydrogens is 352 g/mol. The van der Waals surface area contributed by atoms with Crippen molar-refractivity contribution < 1.29 is 9.53 Å². The third-order valence-electron chi connectivity index (χ3n) is 4.73. The SMILES string of the molecule is Cc1c(CNC(=O)CN(C)C)ccc2c1COC(NCCc1ccccc1)=N2. The lowest BCUT2D eigenvalue weighted by molar-refractivity contribution is -0.121. The number of hydrogen-bond donors (Lipinski definition) is 2. The van der Waals surface area contributed by atoms with Crippen LogP contribution in [-0.2, 0) is 29.1 Å². The van der Waals surface area contributed by atoms with Gasteiger partial charge in [0.15, 0.2) is 0 Å². The number of hydrogen-bond acceptors (Lipinski definition) is 5. The quantitative estimate of drug-likeness (QED) is 0.775. The minimum Gasteiger partial charge on any atom is -0.460 e. The summed E-state index contributed by atoms with van der Waals surface area (Å²) < 4.78 is 5.80. The van der Waals surface area contributed by atoms with Crippen molar-refractivity contribution in [3.63, 3.8) is 0 Å². The highest BCUT2D eigenvalue weighted by Crippen LogP contribution is 2.29. The van der Waals surface area contributed by atoms with E-state index in [9.17, 15) is 4.79 Å². The summed E-state index contributed by atoms with van der Waals surface area (Å²) in [6.45, 7) is 4.21. The molecule has 0 atom stereocenters. The number of fused-ring (bicyclic) bond motifs is 1. The molecule has 0 fully saturated rings. The van der Waals surface area contributed by atoms with Crippen molar-refractivity contribution in [2.75, 3.05) is 27.2 Å². The largest absolute Gasteiger partial charge is 0.460 e. The van der Waals surface area contributed by atoms with Gasteiger partial charge in [0.1, 0.15) is 6.61 Å². The van der Waals surface area contributed by atoms with Gasteiger partial charge in [0.25, 0.3) is 6.02 Å². The number of rotatable bonds is 7. The van der Waals surface area contributed by atoms with Crippen LogP contribution in [0.5, 0.6) is 0 Å². The summed E-state index contributed by atoms with van der Waals surface area (Å²) in [6, 6.07) is 14.9. The lowest BCUT2D eigenvalue weighted by Crippen LogP contribution is -2.33. The number of benzene rings is 2. The second kappa shape index (κ2) is 9.37. The standard InChI is InChI=1S/C22H28N4O2/c1-16-18(13-24-21(27)14-26(2)3)9-10-20-19(16)15-28-22(25-20)23-12-11-17-7-5-4-6-8-17/h4-10H,11-15H2,1-3H3,(H,23,25)(H,24,27). The van der Waals surface area contributed by atoms with Gasteiger partial charge < -0.3 is 20.3 Å². The molecule has 2 aromatic carbocycles. The summed E-state index contributed by atoms with van der Waals surface area (Å²) >= 11 is 0. The first kappa shape index (κ1) is 19.9. The Morgan fingerprint density at radius 1 is 1.18 bits per heavy atom. The average molecular weight is 380 g/mol. The van der Waals surface area contributed by atoms with E-state index in [1.54, 1.807) is 0 Å². The predicted molar refractivity (Wildman–Crippen MR) is 112 cm³/mol. The van der Waals surface area contributed by atoms with Gasteiger partial charge in [-0.25, -0.2) is 0 Å². The highest BCUT2D eigenvalue weighted by molar-refractivity contribution is 5.80. The van der Waals surface area contributed by atoms with Gasteiger partial charge in [0, 0.05) is 18.7 Å². The Balaban J connectivity index is 1.59. The van der Waals surface area contributed by atoms with Gasteiger partial charge in [-0.2, -0.15) is 4.99 Å². The van der Waals surface area contributed by atoms with Crippen molar-refractivity contribution in [3.05, 3.63) is 64.7 Å². The van der Waals surface area contributed by atoms with E-state index in [1.807, 2.05) is 49.3 Å². The zero-order valence-electron chi connectivity index (χ0n) is 16.8. The number of nitrogens with one attached hydrogen (secondary N) is 2. The fourth-order valence-corrected chi connectivity index (χ4v) is 3.14. The highest BCUT2D eigenvalue weighted by Gasteiger charge is 2.17. The maximum atomic E-state index is 11.9. The summed E-state index contributed by atoms with van der Waals surface area (Å²) in [7, 11) is 3.76. The van der Waals surface area contributed by atoms with Gasteiger partial charge in [-0.3, -0.25) is 4.79 Å². The Morgan fingerprint density at radius 2 is 1.96 bits per heavy atom. The molecule has 1 heterocycles. The van der Waals surface area contributed by atoms with E-state index in [-0.39, 0.29) is 5.91 Å². The Hall–Kier alpha value is -2.86. The first-order chi connectivity index (χ1) is 13.5. The molecular formula is C22H28N4O2. The van der Waals surface area contributed by atoms with Gasteiger partial charge >= 0.3 is 0 Å². The fourth-order valence-electron chi connectivity index (χ4n) is 3.14. The van der Waals surface area contributed by atoms with E-state index < -0.39 is 0 Å². The first-order valence-corrected chi connectivity index (χ1v) is 9.55. The van der Waals surface area contributed by atoms with Crippen molar-refractivity contribution in [1.29, 1.82) is 0 Å². The molecule has 0 aliphatic carbocycles. The van der Waals surface area contributed by atoms with E-state index in [0.29, 0.717) is 25.7 Å². The van der Waals surface area contributed by atoms with Crippen LogP contribution in [0.4, 0.5) is 5.69 Å². The van der Waals surface area contributed by atoms with Crippen molar-refractivity contribution in [1.82, 2.24) is 15.5 Å². The summed E-state index contributed by atoms with van der Waals surface area (Å²) in [6.07, 6.45) is 0.917. The molecule has 0 bridgehead atoms. The summed E-state index contributed by atoms with van der Waals surface area (Å²) in [5, 5.41) is 6.23. The van der Waals surface area contributed by atoms with Gasteiger partial charge in [-0.1, -0.05) is 36.4 Å². The number of nitrogens with zero attached hydrogens (tertiary/aromatic N) is 2. The van der Waals surface area contributed by atoms with Gasteiger partial charge in [-0.05, 0) is 50.2 Å². The Bertz CT molecular complexity index is 847. The third-order valence-corrected chi connectivity index (χ3v) is 4.73. The minimum atomic E-state index is 0.0151. The van der Waals surface area contributed by atoms with Crippen LogP contribution in [0.15, 0.2) is 47.5 Å². The van der Waals surface area contributed by atoms with Crippen LogP contribution < -0.4 is 10.6 Å². The second-order valence-corrected chi connectivity index (χ2v) is 7.23. The molecule has 3 rings (SSSR count). The van der Waals surface area contributed by atoms with E-state index >= 15 is 0 Å².